The number of ketones is 1. The molecule has 0 aliphatic heterocycles. The number of aryl methyl sites for hydroxylation is 1. The van der Waals surface area contributed by atoms with E-state index in [0.717, 1.165) is 17.5 Å². The lowest BCUT2D eigenvalue weighted by atomic mass is 9.93. The molecule has 2 aromatic carbocycles. The van der Waals surface area contributed by atoms with E-state index in [1.54, 1.807) is 6.92 Å². The van der Waals surface area contributed by atoms with Crippen molar-refractivity contribution >= 4 is 33.3 Å². The van der Waals surface area contributed by atoms with Crippen molar-refractivity contribution in [3.8, 4) is 11.9 Å². The summed E-state index contributed by atoms with van der Waals surface area (Å²) >= 11 is 6.37. The van der Waals surface area contributed by atoms with Crippen LogP contribution in [0.4, 0.5) is 26.3 Å². The standard InChI is InChI=1S/C33H27ClF6N6O4S/c1-18-8-19(15-41)11-26(31(48)43-23-5-6-23)25(18)14-29(47)28-13-24(44-46(28)30-27(34)4-3-7-42-30)17-45(51(2,49)50)16-20-9-21(32(35,36)37)12-22(10-20)33(38,39)40/h3-4,7-13,23H,5-6,14,16-17H2,1-2H3,(H,43,48). The number of nitrogens with one attached hydrogen (secondary N) is 1. The molecule has 1 fully saturated rings. The fourth-order valence-electron chi connectivity index (χ4n) is 5.25. The van der Waals surface area contributed by atoms with Crippen LogP contribution in [0.2, 0.25) is 5.02 Å². The summed E-state index contributed by atoms with van der Waals surface area (Å²) < 4.78 is 108. The maximum Gasteiger partial charge on any atom is 0.416 e. The van der Waals surface area contributed by atoms with Gasteiger partial charge in [0.2, 0.25) is 10.0 Å². The van der Waals surface area contributed by atoms with Gasteiger partial charge in [-0.15, -0.1) is 0 Å². The first-order chi connectivity index (χ1) is 23.7. The van der Waals surface area contributed by atoms with Crippen LogP contribution in [0.1, 0.15) is 72.8 Å². The van der Waals surface area contributed by atoms with Crippen molar-refractivity contribution in [3.63, 3.8) is 0 Å². The topological polar surface area (TPSA) is 138 Å². The molecule has 1 aliphatic carbocycles. The van der Waals surface area contributed by atoms with Crippen LogP contribution >= 0.6 is 11.6 Å². The maximum absolute atomic E-state index is 14.0. The lowest BCUT2D eigenvalue weighted by Gasteiger charge is -2.21. The third kappa shape index (κ3) is 8.93. The van der Waals surface area contributed by atoms with E-state index in [1.807, 2.05) is 6.07 Å². The molecule has 2 aromatic heterocycles. The van der Waals surface area contributed by atoms with Gasteiger partial charge < -0.3 is 5.32 Å². The molecule has 4 aromatic rings. The molecule has 1 N–H and O–H groups in total. The number of nitriles is 1. The highest BCUT2D eigenvalue weighted by Gasteiger charge is 2.37. The summed E-state index contributed by atoms with van der Waals surface area (Å²) in [5, 5.41) is 16.7. The van der Waals surface area contributed by atoms with E-state index in [-0.39, 0.29) is 51.9 Å². The van der Waals surface area contributed by atoms with Gasteiger partial charge in [-0.1, -0.05) is 11.6 Å². The van der Waals surface area contributed by atoms with Crippen LogP contribution in [-0.2, 0) is 41.9 Å². The second kappa shape index (κ2) is 14.1. The summed E-state index contributed by atoms with van der Waals surface area (Å²) in [7, 11) is -4.31. The minimum absolute atomic E-state index is 0.0313. The quantitative estimate of drug-likeness (QED) is 0.138. The van der Waals surface area contributed by atoms with Crippen LogP contribution in [0.3, 0.4) is 0 Å². The van der Waals surface area contributed by atoms with Gasteiger partial charge in [0.15, 0.2) is 11.6 Å². The molecule has 1 aliphatic rings. The largest absolute Gasteiger partial charge is 0.416 e. The van der Waals surface area contributed by atoms with Gasteiger partial charge in [-0.3, -0.25) is 9.59 Å². The number of halogens is 7. The molecule has 268 valence electrons. The van der Waals surface area contributed by atoms with Crippen LogP contribution in [0.15, 0.2) is 54.7 Å². The van der Waals surface area contributed by atoms with Gasteiger partial charge in [0.25, 0.3) is 5.91 Å². The van der Waals surface area contributed by atoms with Gasteiger partial charge in [0.05, 0.1) is 46.3 Å². The fourth-order valence-corrected chi connectivity index (χ4v) is 6.20. The highest BCUT2D eigenvalue weighted by atomic mass is 35.5. The maximum atomic E-state index is 14.0. The molecule has 1 saturated carbocycles. The van der Waals surface area contributed by atoms with E-state index in [0.29, 0.717) is 33.8 Å². The predicted octanol–water partition coefficient (Wildman–Crippen LogP) is 6.42. The van der Waals surface area contributed by atoms with E-state index in [2.05, 4.69) is 15.4 Å². The van der Waals surface area contributed by atoms with Crippen molar-refractivity contribution in [1.82, 2.24) is 24.4 Å². The second-order valence-corrected chi connectivity index (χ2v) is 14.4. The number of carbonyl (C=O) groups is 2. The van der Waals surface area contributed by atoms with Crippen molar-refractivity contribution in [2.24, 2.45) is 0 Å². The number of carbonyl (C=O) groups excluding carboxylic acids is 2. The normalized spacial score (nSPS) is 13.7. The van der Waals surface area contributed by atoms with Crippen LogP contribution in [0.5, 0.6) is 0 Å². The molecule has 5 rings (SSSR count). The third-order valence-electron chi connectivity index (χ3n) is 7.90. The second-order valence-electron chi connectivity index (χ2n) is 12.0. The molecule has 1 amide bonds. The Morgan fingerprint density at radius 3 is 2.24 bits per heavy atom. The molecule has 0 atom stereocenters. The Bertz CT molecular complexity index is 2140. The first-order valence-corrected chi connectivity index (χ1v) is 17.3. The highest BCUT2D eigenvalue weighted by Crippen LogP contribution is 2.37. The number of sulfonamides is 1. The molecule has 0 spiro atoms. The lowest BCUT2D eigenvalue weighted by Crippen LogP contribution is -2.29. The van der Waals surface area contributed by atoms with Crippen molar-refractivity contribution in [1.29, 1.82) is 5.26 Å². The number of Topliss-reactive ketones (excluding diaryl/α,β-unsaturated/α-hetero) is 1. The van der Waals surface area contributed by atoms with Gasteiger partial charge in [-0.2, -0.15) is 41.0 Å². The molecule has 0 bridgehead atoms. The number of hydrogen-bond acceptors (Lipinski definition) is 7. The number of benzene rings is 2. The third-order valence-corrected chi connectivity index (χ3v) is 9.39. The SMILES string of the molecule is Cc1cc(C#N)cc(C(=O)NC2CC2)c1CC(=O)c1cc(CN(Cc2cc(C(F)(F)F)cc(C(F)(F)F)c2)S(C)(=O)=O)nn1-c1ncccc1Cl. The first-order valence-electron chi connectivity index (χ1n) is 15.1. The number of aromatic nitrogens is 3. The monoisotopic (exact) mass is 752 g/mol. The Balaban J connectivity index is 1.55. The summed E-state index contributed by atoms with van der Waals surface area (Å²) in [5.41, 5.74) is -3.06. The minimum Gasteiger partial charge on any atom is -0.349 e. The zero-order valence-electron chi connectivity index (χ0n) is 26.7. The Hall–Kier alpha value is -4.79. The molecular weight excluding hydrogens is 726 g/mol. The van der Waals surface area contributed by atoms with E-state index in [9.17, 15) is 49.6 Å². The average Bonchev–Trinajstić information content (AvgIpc) is 3.75. The number of nitrogens with zero attached hydrogens (tertiary/aromatic N) is 5. The van der Waals surface area contributed by atoms with Crippen molar-refractivity contribution in [2.75, 3.05) is 6.26 Å². The number of pyridine rings is 1. The van der Waals surface area contributed by atoms with Crippen molar-refractivity contribution < 1.29 is 44.3 Å². The predicted molar refractivity (Wildman–Crippen MR) is 171 cm³/mol. The number of alkyl halides is 6. The first kappa shape index (κ1) is 37.5. The average molecular weight is 753 g/mol. The highest BCUT2D eigenvalue weighted by molar-refractivity contribution is 7.88. The molecule has 0 radical (unpaired) electrons. The fraction of sp³-hybridized carbons (Fsp3) is 0.303. The Labute approximate surface area is 292 Å². The van der Waals surface area contributed by atoms with Crippen molar-refractivity contribution in [3.05, 3.63) is 110 Å². The molecular formula is C33H27ClF6N6O4S. The summed E-state index contributed by atoms with van der Waals surface area (Å²) in [5.74, 6) is -1.16. The van der Waals surface area contributed by atoms with Crippen LogP contribution in [-0.4, -0.2) is 51.5 Å². The van der Waals surface area contributed by atoms with Gasteiger partial charge in [-0.25, -0.2) is 18.1 Å². The van der Waals surface area contributed by atoms with Gasteiger partial charge in [0.1, 0.15) is 5.69 Å². The van der Waals surface area contributed by atoms with E-state index in [1.165, 1.54) is 36.5 Å². The summed E-state index contributed by atoms with van der Waals surface area (Å²) in [6.07, 6.45) is -7.08. The number of amides is 1. The number of hydrogen-bond donors (Lipinski definition) is 1. The Morgan fingerprint density at radius 1 is 1.04 bits per heavy atom. The molecule has 2 heterocycles. The molecule has 51 heavy (non-hydrogen) atoms. The smallest absolute Gasteiger partial charge is 0.349 e. The van der Waals surface area contributed by atoms with Gasteiger partial charge in [0, 0.05) is 30.8 Å². The van der Waals surface area contributed by atoms with Crippen LogP contribution in [0.25, 0.3) is 5.82 Å². The number of rotatable bonds is 11. The van der Waals surface area contributed by atoms with Crippen LogP contribution < -0.4 is 5.32 Å². The van der Waals surface area contributed by atoms with Crippen LogP contribution in [0, 0.1) is 18.3 Å². The summed E-state index contributed by atoms with van der Waals surface area (Å²) in [6.45, 7) is 0.0347. The lowest BCUT2D eigenvalue weighted by molar-refractivity contribution is -0.143. The molecule has 18 heteroatoms. The van der Waals surface area contributed by atoms with E-state index in [4.69, 9.17) is 11.6 Å². The van der Waals surface area contributed by atoms with E-state index < -0.39 is 63.8 Å². The van der Waals surface area contributed by atoms with Crippen molar-refractivity contribution in [2.45, 2.75) is 57.7 Å². The van der Waals surface area contributed by atoms with E-state index >= 15 is 0 Å². The molecule has 10 nitrogen and oxygen atoms in total. The minimum atomic E-state index is -5.16. The summed E-state index contributed by atoms with van der Waals surface area (Å²) in [6, 6.07) is 9.75. The zero-order valence-corrected chi connectivity index (χ0v) is 28.3. The summed E-state index contributed by atoms with van der Waals surface area (Å²) in [4.78, 5) is 31.3. The zero-order chi connectivity index (χ0) is 37.5. The van der Waals surface area contributed by atoms with Gasteiger partial charge in [-0.05, 0) is 85.0 Å². The Morgan fingerprint density at radius 2 is 1.69 bits per heavy atom. The van der Waals surface area contributed by atoms with Gasteiger partial charge >= 0.3 is 12.4 Å². The Kier molecular flexibility index (Phi) is 10.3. The molecule has 0 saturated heterocycles. The molecule has 0 unspecified atom stereocenters.